The van der Waals surface area contributed by atoms with E-state index >= 15 is 0 Å². The van der Waals surface area contributed by atoms with Crippen LogP contribution in [-0.4, -0.2) is 45.8 Å². The molecule has 8 heteroatoms. The van der Waals surface area contributed by atoms with Gasteiger partial charge in [0.05, 0.1) is 6.20 Å². The number of anilines is 1. The lowest BCUT2D eigenvalue weighted by Gasteiger charge is -2.33. The van der Waals surface area contributed by atoms with Gasteiger partial charge in [-0.15, -0.1) is 0 Å². The Balaban J connectivity index is 1.84. The van der Waals surface area contributed by atoms with Crippen molar-refractivity contribution in [2.45, 2.75) is 45.3 Å². The smallest absolute Gasteiger partial charge is 0.410 e. The van der Waals surface area contributed by atoms with Crippen LogP contribution in [-0.2, 0) is 4.74 Å². The predicted molar refractivity (Wildman–Crippen MR) is 77.9 cm³/mol. The van der Waals surface area contributed by atoms with Crippen LogP contribution in [0.2, 0.25) is 0 Å². The number of halogens is 1. The lowest BCUT2D eigenvalue weighted by Crippen LogP contribution is -2.44. The molecule has 0 spiro atoms. The number of hydrogen-bond donors (Lipinski definition) is 1. The van der Waals surface area contributed by atoms with E-state index in [1.54, 1.807) is 4.90 Å². The quantitative estimate of drug-likeness (QED) is 0.898. The van der Waals surface area contributed by atoms with Crippen molar-refractivity contribution in [3.05, 3.63) is 12.0 Å². The summed E-state index contributed by atoms with van der Waals surface area (Å²) >= 11 is 0. The van der Waals surface area contributed by atoms with Gasteiger partial charge in [-0.3, -0.25) is 0 Å². The molecule has 0 bridgehead atoms. The summed E-state index contributed by atoms with van der Waals surface area (Å²) in [6, 6.07) is 0.0506. The Labute approximate surface area is 128 Å². The molecule has 0 radical (unpaired) electrons. The van der Waals surface area contributed by atoms with E-state index in [-0.39, 0.29) is 24.0 Å². The average Bonchev–Trinajstić information content (AvgIpc) is 2.42. The van der Waals surface area contributed by atoms with Crippen LogP contribution in [0.3, 0.4) is 0 Å². The van der Waals surface area contributed by atoms with Gasteiger partial charge in [0, 0.05) is 25.9 Å². The van der Waals surface area contributed by atoms with Gasteiger partial charge in [-0.25, -0.2) is 14.2 Å². The number of rotatable bonds is 2. The van der Waals surface area contributed by atoms with Gasteiger partial charge in [0.1, 0.15) is 11.7 Å². The van der Waals surface area contributed by atoms with Crippen molar-refractivity contribution >= 4 is 11.9 Å². The van der Waals surface area contributed by atoms with Crippen molar-refractivity contribution in [2.75, 3.05) is 18.8 Å². The Morgan fingerprint density at radius 3 is 2.59 bits per heavy atom. The fourth-order valence-electron chi connectivity index (χ4n) is 2.05. The van der Waals surface area contributed by atoms with Gasteiger partial charge in [0.25, 0.3) is 0 Å². The molecule has 1 aromatic rings. The van der Waals surface area contributed by atoms with E-state index in [0.29, 0.717) is 25.9 Å². The van der Waals surface area contributed by atoms with Gasteiger partial charge in [0.15, 0.2) is 11.6 Å². The maximum Gasteiger partial charge on any atom is 0.410 e. The molecule has 2 N–H and O–H groups in total. The zero-order valence-corrected chi connectivity index (χ0v) is 13.0. The van der Waals surface area contributed by atoms with Gasteiger partial charge >= 0.3 is 12.1 Å². The minimum Gasteiger partial charge on any atom is -0.460 e. The minimum absolute atomic E-state index is 0.0506. The number of hydrogen-bond acceptors (Lipinski definition) is 6. The maximum atomic E-state index is 13.0. The van der Waals surface area contributed by atoms with Crippen LogP contribution in [0.15, 0.2) is 6.20 Å². The molecular weight excluding hydrogens is 291 g/mol. The molecule has 1 aliphatic heterocycles. The van der Waals surface area contributed by atoms with Crippen molar-refractivity contribution < 1.29 is 18.7 Å². The predicted octanol–water partition coefficient (Wildman–Crippen LogP) is 1.98. The van der Waals surface area contributed by atoms with Crippen molar-refractivity contribution in [1.82, 2.24) is 14.9 Å². The third kappa shape index (κ3) is 4.44. The summed E-state index contributed by atoms with van der Waals surface area (Å²) in [5.74, 6) is -0.914. The van der Waals surface area contributed by atoms with Crippen LogP contribution in [0.4, 0.5) is 15.0 Å². The highest BCUT2D eigenvalue weighted by atomic mass is 19.1. The van der Waals surface area contributed by atoms with Gasteiger partial charge in [-0.05, 0) is 20.8 Å². The fourth-order valence-corrected chi connectivity index (χ4v) is 2.05. The topological polar surface area (TPSA) is 90.6 Å². The molecular formula is C14H21FN4O3. The largest absolute Gasteiger partial charge is 0.460 e. The van der Waals surface area contributed by atoms with Crippen LogP contribution in [0, 0.1) is 5.82 Å². The zero-order valence-electron chi connectivity index (χ0n) is 13.0. The molecule has 1 aliphatic rings. The van der Waals surface area contributed by atoms with Crippen LogP contribution in [0.1, 0.15) is 33.6 Å². The minimum atomic E-state index is -0.674. The molecule has 7 nitrogen and oxygen atoms in total. The number of carbonyl (C=O) groups is 1. The number of nitrogens with zero attached hydrogens (tertiary/aromatic N) is 3. The number of piperidine rings is 1. The average molecular weight is 312 g/mol. The summed E-state index contributed by atoms with van der Waals surface area (Å²) < 4.78 is 23.9. The number of carbonyl (C=O) groups excluding carboxylic acids is 1. The van der Waals surface area contributed by atoms with E-state index in [9.17, 15) is 9.18 Å². The second-order valence-electron chi connectivity index (χ2n) is 6.17. The van der Waals surface area contributed by atoms with Crippen LogP contribution < -0.4 is 10.5 Å². The van der Waals surface area contributed by atoms with E-state index in [2.05, 4.69) is 9.97 Å². The van der Waals surface area contributed by atoms with Crippen molar-refractivity contribution in [3.63, 3.8) is 0 Å². The molecule has 1 amide bonds. The standard InChI is InChI=1S/C14H21FN4O3/c1-14(2,3)22-13(20)19-6-4-9(5-7-19)21-12-17-8-10(15)11(16)18-12/h8-9H,4-7H2,1-3H3,(H2,16,17,18). The number of nitrogens with two attached hydrogens (primary N) is 1. The molecule has 22 heavy (non-hydrogen) atoms. The third-order valence-corrected chi connectivity index (χ3v) is 3.11. The lowest BCUT2D eigenvalue weighted by molar-refractivity contribution is 0.0119. The molecule has 0 aromatic carbocycles. The Hall–Kier alpha value is -2.12. The SMILES string of the molecule is CC(C)(C)OC(=O)N1CCC(Oc2ncc(F)c(N)n2)CC1. The van der Waals surface area contributed by atoms with E-state index in [4.69, 9.17) is 15.2 Å². The van der Waals surface area contributed by atoms with E-state index in [1.165, 1.54) is 0 Å². The third-order valence-electron chi connectivity index (χ3n) is 3.11. The normalized spacial score (nSPS) is 16.5. The van der Waals surface area contributed by atoms with Gasteiger partial charge in [-0.2, -0.15) is 4.98 Å². The van der Waals surface area contributed by atoms with E-state index < -0.39 is 11.4 Å². The molecule has 1 aromatic heterocycles. The summed E-state index contributed by atoms with van der Waals surface area (Å²) in [7, 11) is 0. The fraction of sp³-hybridized carbons (Fsp3) is 0.643. The summed E-state index contributed by atoms with van der Waals surface area (Å²) in [6.45, 7) is 6.54. The van der Waals surface area contributed by atoms with Gasteiger partial charge in [-0.1, -0.05) is 0 Å². The Bertz CT molecular complexity index is 539. The van der Waals surface area contributed by atoms with Crippen LogP contribution >= 0.6 is 0 Å². The van der Waals surface area contributed by atoms with Gasteiger partial charge < -0.3 is 20.1 Å². The number of aromatic nitrogens is 2. The van der Waals surface area contributed by atoms with Gasteiger partial charge in [0.2, 0.25) is 0 Å². The molecule has 0 atom stereocenters. The monoisotopic (exact) mass is 312 g/mol. The molecule has 122 valence electrons. The highest BCUT2D eigenvalue weighted by Crippen LogP contribution is 2.19. The Morgan fingerprint density at radius 1 is 1.41 bits per heavy atom. The van der Waals surface area contributed by atoms with E-state index in [0.717, 1.165) is 6.20 Å². The highest BCUT2D eigenvalue weighted by molar-refractivity contribution is 5.68. The summed E-state index contributed by atoms with van der Waals surface area (Å²) in [5.41, 5.74) is 4.86. The summed E-state index contributed by atoms with van der Waals surface area (Å²) in [5, 5.41) is 0. The first-order chi connectivity index (χ1) is 10.2. The van der Waals surface area contributed by atoms with Crippen molar-refractivity contribution in [2.24, 2.45) is 0 Å². The second kappa shape index (κ2) is 6.33. The zero-order chi connectivity index (χ0) is 16.3. The molecule has 1 saturated heterocycles. The first kappa shape index (κ1) is 16.3. The van der Waals surface area contributed by atoms with Crippen molar-refractivity contribution in [1.29, 1.82) is 0 Å². The maximum absolute atomic E-state index is 13.0. The molecule has 2 heterocycles. The molecule has 0 aliphatic carbocycles. The Morgan fingerprint density at radius 2 is 2.05 bits per heavy atom. The first-order valence-corrected chi connectivity index (χ1v) is 7.17. The number of nitrogen functional groups attached to an aromatic ring is 1. The number of ether oxygens (including phenoxy) is 2. The molecule has 1 fully saturated rings. The lowest BCUT2D eigenvalue weighted by atomic mass is 10.1. The molecule has 2 rings (SSSR count). The summed E-state index contributed by atoms with van der Waals surface area (Å²) in [6.07, 6.45) is 1.77. The second-order valence-corrected chi connectivity index (χ2v) is 6.17. The number of amides is 1. The highest BCUT2D eigenvalue weighted by Gasteiger charge is 2.28. The summed E-state index contributed by atoms with van der Waals surface area (Å²) in [4.78, 5) is 21.1. The molecule has 0 saturated carbocycles. The van der Waals surface area contributed by atoms with Crippen LogP contribution in [0.25, 0.3) is 0 Å². The van der Waals surface area contributed by atoms with Crippen LogP contribution in [0.5, 0.6) is 6.01 Å². The van der Waals surface area contributed by atoms with Crippen molar-refractivity contribution in [3.8, 4) is 6.01 Å². The van der Waals surface area contributed by atoms with E-state index in [1.807, 2.05) is 20.8 Å². The first-order valence-electron chi connectivity index (χ1n) is 7.17. The number of likely N-dealkylation sites (tertiary alicyclic amines) is 1. The Kier molecular flexibility index (Phi) is 4.68. The molecule has 0 unspecified atom stereocenters.